The van der Waals surface area contributed by atoms with Crippen molar-refractivity contribution in [3.8, 4) is 5.75 Å². The van der Waals surface area contributed by atoms with E-state index in [1.54, 1.807) is 0 Å². The van der Waals surface area contributed by atoms with Crippen LogP contribution >= 0.6 is 11.6 Å². The molecule has 3 heteroatoms. The first-order valence-corrected chi connectivity index (χ1v) is 7.21. The van der Waals surface area contributed by atoms with E-state index in [1.807, 2.05) is 12.1 Å². The fourth-order valence-corrected chi connectivity index (χ4v) is 1.93. The van der Waals surface area contributed by atoms with E-state index in [-0.39, 0.29) is 0 Å². The van der Waals surface area contributed by atoms with Gasteiger partial charge in [0.15, 0.2) is 0 Å². The van der Waals surface area contributed by atoms with Gasteiger partial charge < -0.3 is 10.1 Å². The van der Waals surface area contributed by atoms with Crippen LogP contribution in [0.5, 0.6) is 5.75 Å². The number of benzene rings is 1. The number of nitrogens with one attached hydrogen (secondary N) is 1. The van der Waals surface area contributed by atoms with Crippen molar-refractivity contribution in [2.75, 3.05) is 6.61 Å². The Balaban J connectivity index is 1.87. The highest BCUT2D eigenvalue weighted by Gasteiger charge is 2.20. The Morgan fingerprint density at radius 1 is 1.44 bits per heavy atom. The van der Waals surface area contributed by atoms with Crippen LogP contribution in [0.15, 0.2) is 18.2 Å². The summed E-state index contributed by atoms with van der Waals surface area (Å²) < 4.78 is 5.73. The van der Waals surface area contributed by atoms with Crippen molar-refractivity contribution in [1.29, 1.82) is 0 Å². The summed E-state index contributed by atoms with van der Waals surface area (Å²) in [6.07, 6.45) is 3.74. The second-order valence-electron chi connectivity index (χ2n) is 5.24. The van der Waals surface area contributed by atoms with Crippen molar-refractivity contribution in [3.05, 3.63) is 28.8 Å². The predicted octanol–water partition coefficient (Wildman–Crippen LogP) is 4.02. The summed E-state index contributed by atoms with van der Waals surface area (Å²) in [5.74, 6) is 1.37. The Morgan fingerprint density at radius 2 is 2.22 bits per heavy atom. The summed E-state index contributed by atoms with van der Waals surface area (Å²) in [4.78, 5) is 0. The molecule has 1 unspecified atom stereocenters. The van der Waals surface area contributed by atoms with E-state index < -0.39 is 0 Å². The Hall–Kier alpha value is -0.730. The average molecular weight is 268 g/mol. The molecular formula is C15H22ClNO. The molecule has 1 aromatic carbocycles. The molecule has 0 aliphatic heterocycles. The fourth-order valence-electron chi connectivity index (χ4n) is 1.67. The van der Waals surface area contributed by atoms with Crippen LogP contribution < -0.4 is 10.1 Å². The first-order valence-electron chi connectivity index (χ1n) is 6.83. The van der Waals surface area contributed by atoms with Crippen LogP contribution in [0, 0.1) is 5.92 Å². The lowest BCUT2D eigenvalue weighted by molar-refractivity contribution is 0.256. The molecule has 100 valence electrons. The second kappa shape index (κ2) is 6.44. The summed E-state index contributed by atoms with van der Waals surface area (Å²) in [5, 5.41) is 4.20. The molecule has 0 heterocycles. The molecule has 0 saturated heterocycles. The molecule has 1 N–H and O–H groups in total. The van der Waals surface area contributed by atoms with Crippen LogP contribution in [0.25, 0.3) is 0 Å². The molecule has 0 aromatic heterocycles. The van der Waals surface area contributed by atoms with Crippen LogP contribution in [0.4, 0.5) is 0 Å². The summed E-state index contributed by atoms with van der Waals surface area (Å²) in [7, 11) is 0. The van der Waals surface area contributed by atoms with Gasteiger partial charge in [-0.15, -0.1) is 0 Å². The van der Waals surface area contributed by atoms with Crippen molar-refractivity contribution in [2.45, 2.75) is 45.7 Å². The molecule has 0 bridgehead atoms. The van der Waals surface area contributed by atoms with Crippen molar-refractivity contribution in [1.82, 2.24) is 5.32 Å². The van der Waals surface area contributed by atoms with E-state index in [2.05, 4.69) is 25.2 Å². The quantitative estimate of drug-likeness (QED) is 0.806. The molecule has 1 atom stereocenters. The van der Waals surface area contributed by atoms with Crippen molar-refractivity contribution in [2.24, 2.45) is 5.92 Å². The van der Waals surface area contributed by atoms with Gasteiger partial charge in [0, 0.05) is 12.6 Å². The van der Waals surface area contributed by atoms with Crippen LogP contribution in [0.3, 0.4) is 0 Å². The predicted molar refractivity (Wildman–Crippen MR) is 76.3 cm³/mol. The number of rotatable bonds is 7. The highest BCUT2D eigenvalue weighted by atomic mass is 35.5. The van der Waals surface area contributed by atoms with Gasteiger partial charge in [-0.05, 0) is 36.5 Å². The average Bonchev–Trinajstić information content (AvgIpc) is 3.18. The molecule has 1 aliphatic rings. The molecule has 1 aromatic rings. The molecule has 0 spiro atoms. The molecule has 1 saturated carbocycles. The van der Waals surface area contributed by atoms with Gasteiger partial charge >= 0.3 is 0 Å². The molecule has 18 heavy (non-hydrogen) atoms. The van der Waals surface area contributed by atoms with Gasteiger partial charge in [-0.1, -0.05) is 37.9 Å². The first-order chi connectivity index (χ1) is 8.69. The third kappa shape index (κ3) is 4.18. The summed E-state index contributed by atoms with van der Waals surface area (Å²) in [6.45, 7) is 5.98. The number of ether oxygens (including phenoxy) is 1. The molecule has 1 fully saturated rings. The molecule has 0 radical (unpaired) electrons. The Morgan fingerprint density at radius 3 is 2.83 bits per heavy atom. The number of hydrogen-bond donors (Lipinski definition) is 1. The van der Waals surface area contributed by atoms with Crippen LogP contribution in [-0.4, -0.2) is 12.6 Å². The summed E-state index contributed by atoms with van der Waals surface area (Å²) in [5.41, 5.74) is 1.22. The normalized spacial score (nSPS) is 16.6. The van der Waals surface area contributed by atoms with Gasteiger partial charge in [0.25, 0.3) is 0 Å². The largest absolute Gasteiger partial charge is 0.492 e. The Kier molecular flexibility index (Phi) is 4.90. The summed E-state index contributed by atoms with van der Waals surface area (Å²) in [6, 6.07) is 6.80. The smallest absolute Gasteiger partial charge is 0.137 e. The lowest BCUT2D eigenvalue weighted by atomic mass is 10.1. The highest BCUT2D eigenvalue weighted by Crippen LogP contribution is 2.27. The molecule has 2 rings (SSSR count). The van der Waals surface area contributed by atoms with E-state index in [4.69, 9.17) is 16.3 Å². The van der Waals surface area contributed by atoms with Gasteiger partial charge in [-0.25, -0.2) is 0 Å². The zero-order valence-electron chi connectivity index (χ0n) is 11.2. The number of hydrogen-bond acceptors (Lipinski definition) is 2. The minimum atomic E-state index is 0.567. The zero-order valence-corrected chi connectivity index (χ0v) is 12.0. The molecule has 1 aliphatic carbocycles. The first kappa shape index (κ1) is 13.7. The maximum absolute atomic E-state index is 6.23. The number of halogens is 1. The van der Waals surface area contributed by atoms with Gasteiger partial charge in [-0.3, -0.25) is 0 Å². The van der Waals surface area contributed by atoms with Crippen LogP contribution in [0.2, 0.25) is 5.02 Å². The summed E-state index contributed by atoms with van der Waals surface area (Å²) >= 11 is 6.23. The second-order valence-corrected chi connectivity index (χ2v) is 5.65. The van der Waals surface area contributed by atoms with E-state index in [9.17, 15) is 0 Å². The minimum Gasteiger partial charge on any atom is -0.492 e. The monoisotopic (exact) mass is 267 g/mol. The van der Waals surface area contributed by atoms with Crippen LogP contribution in [0.1, 0.15) is 38.7 Å². The zero-order chi connectivity index (χ0) is 13.0. The van der Waals surface area contributed by atoms with Gasteiger partial charge in [0.1, 0.15) is 5.75 Å². The minimum absolute atomic E-state index is 0.567. The highest BCUT2D eigenvalue weighted by molar-refractivity contribution is 6.32. The molecular weight excluding hydrogens is 246 g/mol. The van der Waals surface area contributed by atoms with Gasteiger partial charge in [0.2, 0.25) is 0 Å². The van der Waals surface area contributed by atoms with E-state index >= 15 is 0 Å². The molecule has 2 nitrogen and oxygen atoms in total. The van der Waals surface area contributed by atoms with Crippen molar-refractivity contribution < 1.29 is 4.74 Å². The van der Waals surface area contributed by atoms with Gasteiger partial charge in [-0.2, -0.15) is 0 Å². The van der Waals surface area contributed by atoms with Crippen molar-refractivity contribution >= 4 is 11.6 Å². The standard InChI is InChI=1S/C15H22ClNO/c1-3-11(2)10-18-15-7-4-12(8-14(15)16)9-17-13-5-6-13/h4,7-8,11,13,17H,3,5-6,9-10H2,1-2H3. The van der Waals surface area contributed by atoms with Crippen molar-refractivity contribution in [3.63, 3.8) is 0 Å². The Labute approximate surface area is 115 Å². The topological polar surface area (TPSA) is 21.3 Å². The van der Waals surface area contributed by atoms with Gasteiger partial charge in [0.05, 0.1) is 11.6 Å². The van der Waals surface area contributed by atoms with E-state index in [1.165, 1.54) is 18.4 Å². The maximum atomic E-state index is 6.23. The lowest BCUT2D eigenvalue weighted by Gasteiger charge is -2.13. The van der Waals surface area contributed by atoms with Crippen LogP contribution in [-0.2, 0) is 6.54 Å². The van der Waals surface area contributed by atoms with E-state index in [0.717, 1.165) is 31.4 Å². The maximum Gasteiger partial charge on any atom is 0.137 e. The lowest BCUT2D eigenvalue weighted by Crippen LogP contribution is -2.15. The third-order valence-electron chi connectivity index (χ3n) is 3.39. The molecule has 0 amide bonds. The van der Waals surface area contributed by atoms with E-state index in [0.29, 0.717) is 10.9 Å². The SMILES string of the molecule is CCC(C)COc1ccc(CNC2CC2)cc1Cl. The Bertz CT molecular complexity index is 390. The third-order valence-corrected chi connectivity index (χ3v) is 3.68. The fraction of sp³-hybridized carbons (Fsp3) is 0.600.